The quantitative estimate of drug-likeness (QED) is 0.873. The van der Waals surface area contributed by atoms with E-state index in [1.165, 1.54) is 0 Å². The van der Waals surface area contributed by atoms with Gasteiger partial charge in [0.2, 0.25) is 5.91 Å². The Morgan fingerprint density at radius 2 is 1.62 bits per heavy atom. The lowest BCUT2D eigenvalue weighted by molar-refractivity contribution is -0.120. The van der Waals surface area contributed by atoms with Crippen molar-refractivity contribution in [2.24, 2.45) is 5.73 Å². The van der Waals surface area contributed by atoms with Gasteiger partial charge in [-0.25, -0.2) is 0 Å². The number of rotatable bonds is 4. The molecule has 0 radical (unpaired) electrons. The molecule has 0 saturated carbocycles. The monoisotopic (exact) mass is 279 g/mol. The number of hydrogen-bond acceptors (Lipinski definition) is 2. The lowest BCUT2D eigenvalue weighted by Gasteiger charge is -2.12. The molecule has 0 aliphatic carbocycles. The van der Waals surface area contributed by atoms with Crippen molar-refractivity contribution < 1.29 is 9.53 Å². The van der Waals surface area contributed by atoms with Gasteiger partial charge in [-0.2, -0.15) is 0 Å². The Bertz CT molecular complexity index is 651. The van der Waals surface area contributed by atoms with E-state index in [1.807, 2.05) is 54.6 Å². The molecule has 0 fully saturated rings. The SMILES string of the molecule is COCC(C(N)=O)c1ccc(C#Cc2ccccc2)cc1. The molecule has 21 heavy (non-hydrogen) atoms. The Kier molecular flexibility index (Phi) is 5.14. The van der Waals surface area contributed by atoms with Crippen molar-refractivity contribution in [3.63, 3.8) is 0 Å². The van der Waals surface area contributed by atoms with Crippen molar-refractivity contribution in [1.29, 1.82) is 0 Å². The molecule has 3 nitrogen and oxygen atoms in total. The Labute approximate surface area is 124 Å². The maximum absolute atomic E-state index is 11.4. The van der Waals surface area contributed by atoms with E-state index in [9.17, 15) is 4.79 Å². The number of ether oxygens (including phenoxy) is 1. The molecule has 0 aliphatic rings. The van der Waals surface area contributed by atoms with E-state index >= 15 is 0 Å². The van der Waals surface area contributed by atoms with E-state index in [-0.39, 0.29) is 12.5 Å². The van der Waals surface area contributed by atoms with Gasteiger partial charge in [-0.1, -0.05) is 42.2 Å². The molecule has 0 aromatic heterocycles. The van der Waals surface area contributed by atoms with Gasteiger partial charge in [0.1, 0.15) is 0 Å². The van der Waals surface area contributed by atoms with Crippen molar-refractivity contribution in [3.05, 3.63) is 71.3 Å². The summed E-state index contributed by atoms with van der Waals surface area (Å²) >= 11 is 0. The van der Waals surface area contributed by atoms with Crippen LogP contribution in [0.15, 0.2) is 54.6 Å². The summed E-state index contributed by atoms with van der Waals surface area (Å²) in [7, 11) is 1.55. The second kappa shape index (κ2) is 7.28. The number of hydrogen-bond donors (Lipinski definition) is 1. The van der Waals surface area contributed by atoms with Gasteiger partial charge in [-0.05, 0) is 29.8 Å². The Hall–Kier alpha value is -2.57. The molecule has 0 aliphatic heterocycles. The van der Waals surface area contributed by atoms with Gasteiger partial charge >= 0.3 is 0 Å². The van der Waals surface area contributed by atoms with Crippen LogP contribution in [0, 0.1) is 11.8 Å². The molecule has 1 unspecified atom stereocenters. The zero-order valence-electron chi connectivity index (χ0n) is 11.9. The van der Waals surface area contributed by atoms with Gasteiger partial charge in [0.15, 0.2) is 0 Å². The second-order valence-corrected chi connectivity index (χ2v) is 4.65. The fraction of sp³-hybridized carbons (Fsp3) is 0.167. The van der Waals surface area contributed by atoms with Crippen LogP contribution in [0.5, 0.6) is 0 Å². The first-order valence-electron chi connectivity index (χ1n) is 6.66. The van der Waals surface area contributed by atoms with Crippen LogP contribution in [-0.4, -0.2) is 19.6 Å². The second-order valence-electron chi connectivity index (χ2n) is 4.65. The molecule has 2 aromatic rings. The van der Waals surface area contributed by atoms with Crippen molar-refractivity contribution >= 4 is 5.91 Å². The van der Waals surface area contributed by atoms with Crippen LogP contribution < -0.4 is 5.73 Å². The highest BCUT2D eigenvalue weighted by Gasteiger charge is 2.17. The highest BCUT2D eigenvalue weighted by atomic mass is 16.5. The summed E-state index contributed by atoms with van der Waals surface area (Å²) in [4.78, 5) is 11.4. The lowest BCUT2D eigenvalue weighted by Crippen LogP contribution is -2.24. The van der Waals surface area contributed by atoms with E-state index in [1.54, 1.807) is 7.11 Å². The number of primary amides is 1. The zero-order valence-corrected chi connectivity index (χ0v) is 11.9. The number of carbonyl (C=O) groups is 1. The molecule has 2 N–H and O–H groups in total. The molecular formula is C18H17NO2. The third kappa shape index (κ3) is 4.20. The summed E-state index contributed by atoms with van der Waals surface area (Å²) in [6.45, 7) is 0.282. The number of benzene rings is 2. The summed E-state index contributed by atoms with van der Waals surface area (Å²) in [5.41, 5.74) is 8.08. The van der Waals surface area contributed by atoms with E-state index in [2.05, 4.69) is 11.8 Å². The van der Waals surface area contributed by atoms with Gasteiger partial charge in [-0.3, -0.25) is 4.79 Å². The molecule has 1 atom stereocenters. The first-order valence-corrected chi connectivity index (χ1v) is 6.66. The molecule has 1 amide bonds. The van der Waals surface area contributed by atoms with Gasteiger partial charge in [0.05, 0.1) is 12.5 Å². The highest BCUT2D eigenvalue weighted by Crippen LogP contribution is 2.16. The maximum Gasteiger partial charge on any atom is 0.227 e. The molecule has 0 spiro atoms. The third-order valence-corrected chi connectivity index (χ3v) is 3.11. The van der Waals surface area contributed by atoms with Crippen molar-refractivity contribution in [1.82, 2.24) is 0 Å². The fourth-order valence-corrected chi connectivity index (χ4v) is 1.97. The summed E-state index contributed by atoms with van der Waals surface area (Å²) in [6, 6.07) is 17.3. The summed E-state index contributed by atoms with van der Waals surface area (Å²) in [6.07, 6.45) is 0. The Morgan fingerprint density at radius 3 is 2.14 bits per heavy atom. The predicted molar refractivity (Wildman–Crippen MR) is 82.7 cm³/mol. The fourth-order valence-electron chi connectivity index (χ4n) is 1.97. The largest absolute Gasteiger partial charge is 0.384 e. The maximum atomic E-state index is 11.4. The first-order chi connectivity index (χ1) is 10.2. The van der Waals surface area contributed by atoms with Crippen LogP contribution in [0.25, 0.3) is 0 Å². The van der Waals surface area contributed by atoms with Crippen LogP contribution >= 0.6 is 0 Å². The van der Waals surface area contributed by atoms with E-state index in [0.29, 0.717) is 0 Å². The molecule has 2 aromatic carbocycles. The summed E-state index contributed by atoms with van der Waals surface area (Å²) in [5.74, 6) is 5.37. The number of nitrogens with two attached hydrogens (primary N) is 1. The molecular weight excluding hydrogens is 262 g/mol. The molecule has 2 rings (SSSR count). The lowest BCUT2D eigenvalue weighted by atomic mass is 9.98. The Morgan fingerprint density at radius 1 is 1.05 bits per heavy atom. The third-order valence-electron chi connectivity index (χ3n) is 3.11. The van der Waals surface area contributed by atoms with Crippen LogP contribution in [0.3, 0.4) is 0 Å². The van der Waals surface area contributed by atoms with E-state index in [4.69, 9.17) is 10.5 Å². The van der Waals surface area contributed by atoms with Gasteiger partial charge in [0, 0.05) is 18.2 Å². The average molecular weight is 279 g/mol. The van der Waals surface area contributed by atoms with E-state index < -0.39 is 5.92 Å². The first kappa shape index (κ1) is 14.8. The van der Waals surface area contributed by atoms with E-state index in [0.717, 1.165) is 16.7 Å². The summed E-state index contributed by atoms with van der Waals surface area (Å²) in [5, 5.41) is 0. The standard InChI is InChI=1S/C18H17NO2/c1-21-13-17(18(19)20)16-11-9-15(10-12-16)8-7-14-5-3-2-4-6-14/h2-6,9-12,17H,13H2,1H3,(H2,19,20). The normalized spacial score (nSPS) is 11.3. The van der Waals surface area contributed by atoms with Crippen LogP contribution in [0.1, 0.15) is 22.6 Å². The molecule has 106 valence electrons. The van der Waals surface area contributed by atoms with Gasteiger partial charge in [-0.15, -0.1) is 0 Å². The van der Waals surface area contributed by atoms with Crippen molar-refractivity contribution in [2.75, 3.05) is 13.7 Å². The number of carbonyl (C=O) groups excluding carboxylic acids is 1. The highest BCUT2D eigenvalue weighted by molar-refractivity contribution is 5.82. The predicted octanol–water partition coefficient (Wildman–Crippen LogP) is 2.30. The van der Waals surface area contributed by atoms with Crippen LogP contribution in [0.4, 0.5) is 0 Å². The molecule has 0 heterocycles. The minimum Gasteiger partial charge on any atom is -0.384 e. The number of methoxy groups -OCH3 is 1. The topological polar surface area (TPSA) is 52.3 Å². The van der Waals surface area contributed by atoms with Gasteiger partial charge < -0.3 is 10.5 Å². The minimum absolute atomic E-state index is 0.282. The van der Waals surface area contributed by atoms with Crippen LogP contribution in [0.2, 0.25) is 0 Å². The van der Waals surface area contributed by atoms with Crippen molar-refractivity contribution in [3.8, 4) is 11.8 Å². The molecule has 0 saturated heterocycles. The zero-order chi connectivity index (χ0) is 15.1. The summed E-state index contributed by atoms with van der Waals surface area (Å²) < 4.78 is 5.03. The van der Waals surface area contributed by atoms with Gasteiger partial charge in [0.25, 0.3) is 0 Å². The minimum atomic E-state index is -0.425. The van der Waals surface area contributed by atoms with Crippen LogP contribution in [-0.2, 0) is 9.53 Å². The Balaban J connectivity index is 2.16. The molecule has 3 heteroatoms. The van der Waals surface area contributed by atoms with Crippen molar-refractivity contribution in [2.45, 2.75) is 5.92 Å². The smallest absolute Gasteiger partial charge is 0.227 e. The average Bonchev–Trinajstić information content (AvgIpc) is 2.52. The molecule has 0 bridgehead atoms. The number of amides is 1.